The Balaban J connectivity index is 1.81. The van der Waals surface area contributed by atoms with Crippen LogP contribution in [0.25, 0.3) is 0 Å². The number of rotatable bonds is 6. The van der Waals surface area contributed by atoms with Crippen molar-refractivity contribution in [2.45, 2.75) is 65.0 Å². The van der Waals surface area contributed by atoms with Crippen molar-refractivity contribution in [1.82, 2.24) is 10.3 Å². The van der Waals surface area contributed by atoms with Crippen LogP contribution in [0.1, 0.15) is 69.6 Å². The van der Waals surface area contributed by atoms with Crippen molar-refractivity contribution in [1.29, 1.82) is 0 Å². The highest BCUT2D eigenvalue weighted by Gasteiger charge is 2.36. The number of nitrogens with one attached hydrogen (secondary N) is 1. The molecule has 3 aromatic rings. The fourth-order valence-corrected chi connectivity index (χ4v) is 5.50. The summed E-state index contributed by atoms with van der Waals surface area (Å²) in [5.41, 5.74) is 3.13. The van der Waals surface area contributed by atoms with Gasteiger partial charge in [-0.25, -0.2) is 4.98 Å². The largest absolute Gasteiger partial charge is 0.351 e. The van der Waals surface area contributed by atoms with Crippen LogP contribution in [0.5, 0.6) is 0 Å². The lowest BCUT2D eigenvalue weighted by molar-refractivity contribution is -0.123. The standard InChI is InChI=1S/C27H30ClN3O2S/c1-17-9-15-23(16-10-17)31(27(33)25-18(2)29-19(3)34-25)24(20-11-13-21(28)14-12-20)26(32)30-22-7-5-4-6-8-22/h9-16,22,24H,4-8H2,1-3H3,(H,30,32). The Morgan fingerprint density at radius 3 is 2.24 bits per heavy atom. The van der Waals surface area contributed by atoms with Gasteiger partial charge in [-0.15, -0.1) is 11.3 Å². The number of thiazole rings is 1. The van der Waals surface area contributed by atoms with Crippen LogP contribution in [0.15, 0.2) is 48.5 Å². The first-order valence-electron chi connectivity index (χ1n) is 11.7. The van der Waals surface area contributed by atoms with E-state index in [0.717, 1.165) is 36.3 Å². The SMILES string of the molecule is Cc1ccc(N(C(=O)c2sc(C)nc2C)C(C(=O)NC2CCCCC2)c2ccc(Cl)cc2)cc1. The fourth-order valence-electron chi connectivity index (χ4n) is 4.52. The highest BCUT2D eigenvalue weighted by atomic mass is 35.5. The number of hydrogen-bond acceptors (Lipinski definition) is 4. The number of anilines is 1. The van der Waals surface area contributed by atoms with E-state index in [1.807, 2.05) is 57.2 Å². The first kappa shape index (κ1) is 24.4. The zero-order valence-electron chi connectivity index (χ0n) is 19.8. The van der Waals surface area contributed by atoms with Gasteiger partial charge in [0.2, 0.25) is 5.91 Å². The molecule has 1 saturated carbocycles. The molecule has 34 heavy (non-hydrogen) atoms. The minimum Gasteiger partial charge on any atom is -0.351 e. The van der Waals surface area contributed by atoms with E-state index < -0.39 is 6.04 Å². The molecule has 0 spiro atoms. The lowest BCUT2D eigenvalue weighted by atomic mass is 9.94. The number of carbonyl (C=O) groups is 2. The van der Waals surface area contributed by atoms with Crippen molar-refractivity contribution in [3.05, 3.63) is 80.3 Å². The minimum atomic E-state index is -0.837. The summed E-state index contributed by atoms with van der Waals surface area (Å²) >= 11 is 7.52. The van der Waals surface area contributed by atoms with E-state index in [9.17, 15) is 9.59 Å². The molecular formula is C27H30ClN3O2S. The third kappa shape index (κ3) is 5.50. The summed E-state index contributed by atoms with van der Waals surface area (Å²) < 4.78 is 0. The molecule has 178 valence electrons. The van der Waals surface area contributed by atoms with Crippen LogP contribution in [-0.2, 0) is 4.79 Å². The lowest BCUT2D eigenvalue weighted by Crippen LogP contribution is -2.47. The first-order chi connectivity index (χ1) is 16.3. The molecule has 2 aromatic carbocycles. The van der Waals surface area contributed by atoms with E-state index in [4.69, 9.17) is 11.6 Å². The second-order valence-electron chi connectivity index (χ2n) is 8.96. The maximum absolute atomic E-state index is 14.0. The molecule has 2 amide bonds. The summed E-state index contributed by atoms with van der Waals surface area (Å²) in [5.74, 6) is -0.410. The molecule has 1 fully saturated rings. The Kier molecular flexibility index (Phi) is 7.69. The van der Waals surface area contributed by atoms with E-state index in [0.29, 0.717) is 26.8 Å². The Morgan fingerprint density at radius 2 is 1.65 bits per heavy atom. The molecule has 0 saturated heterocycles. The quantitative estimate of drug-likeness (QED) is 0.421. The average molecular weight is 496 g/mol. The molecule has 1 atom stereocenters. The van der Waals surface area contributed by atoms with Gasteiger partial charge in [0.1, 0.15) is 10.9 Å². The van der Waals surface area contributed by atoms with Gasteiger partial charge in [-0.1, -0.05) is 60.7 Å². The van der Waals surface area contributed by atoms with Crippen molar-refractivity contribution in [2.75, 3.05) is 4.90 Å². The van der Waals surface area contributed by atoms with Gasteiger partial charge in [0.25, 0.3) is 5.91 Å². The maximum atomic E-state index is 14.0. The molecule has 7 heteroatoms. The number of aromatic nitrogens is 1. The van der Waals surface area contributed by atoms with Crippen molar-refractivity contribution in [2.24, 2.45) is 0 Å². The van der Waals surface area contributed by atoms with Gasteiger partial charge < -0.3 is 5.32 Å². The van der Waals surface area contributed by atoms with Gasteiger partial charge >= 0.3 is 0 Å². The van der Waals surface area contributed by atoms with E-state index in [2.05, 4.69) is 10.3 Å². The molecular weight excluding hydrogens is 466 g/mol. The van der Waals surface area contributed by atoms with Crippen LogP contribution in [0.3, 0.4) is 0 Å². The molecule has 1 aliphatic rings. The van der Waals surface area contributed by atoms with Crippen molar-refractivity contribution in [3.63, 3.8) is 0 Å². The summed E-state index contributed by atoms with van der Waals surface area (Å²) in [4.78, 5) is 34.5. The van der Waals surface area contributed by atoms with Crippen LogP contribution < -0.4 is 10.2 Å². The Labute approximate surface area is 210 Å². The van der Waals surface area contributed by atoms with Gasteiger partial charge in [-0.2, -0.15) is 0 Å². The normalized spacial score (nSPS) is 15.1. The molecule has 1 aliphatic carbocycles. The molecule has 0 aliphatic heterocycles. The molecule has 4 rings (SSSR count). The predicted molar refractivity (Wildman–Crippen MR) is 139 cm³/mol. The summed E-state index contributed by atoms with van der Waals surface area (Å²) in [7, 11) is 0. The van der Waals surface area contributed by atoms with Gasteiger partial charge in [0.15, 0.2) is 0 Å². The minimum absolute atomic E-state index is 0.124. The average Bonchev–Trinajstić information content (AvgIpc) is 3.17. The summed E-state index contributed by atoms with van der Waals surface area (Å²) in [6.45, 7) is 5.72. The van der Waals surface area contributed by atoms with Crippen LogP contribution >= 0.6 is 22.9 Å². The molecule has 1 aromatic heterocycles. The number of benzene rings is 2. The Bertz CT molecular complexity index is 1150. The highest BCUT2D eigenvalue weighted by molar-refractivity contribution is 7.13. The summed E-state index contributed by atoms with van der Waals surface area (Å²) in [5, 5.41) is 4.64. The van der Waals surface area contributed by atoms with E-state index in [1.54, 1.807) is 17.0 Å². The van der Waals surface area contributed by atoms with Crippen molar-refractivity contribution in [3.8, 4) is 0 Å². The zero-order valence-corrected chi connectivity index (χ0v) is 21.4. The maximum Gasteiger partial charge on any atom is 0.271 e. The van der Waals surface area contributed by atoms with Gasteiger partial charge in [-0.05, 0) is 63.4 Å². The van der Waals surface area contributed by atoms with E-state index in [-0.39, 0.29) is 17.9 Å². The summed E-state index contributed by atoms with van der Waals surface area (Å²) in [6.07, 6.45) is 5.34. The van der Waals surface area contributed by atoms with E-state index >= 15 is 0 Å². The fraction of sp³-hybridized carbons (Fsp3) is 0.370. The number of nitrogens with zero attached hydrogens (tertiary/aromatic N) is 2. The van der Waals surface area contributed by atoms with Crippen LogP contribution in [0.4, 0.5) is 5.69 Å². The highest BCUT2D eigenvalue weighted by Crippen LogP contribution is 2.33. The van der Waals surface area contributed by atoms with Crippen molar-refractivity contribution >= 4 is 40.4 Å². The van der Waals surface area contributed by atoms with E-state index in [1.165, 1.54) is 17.8 Å². The molecule has 1 heterocycles. The number of amides is 2. The molecule has 0 bridgehead atoms. The first-order valence-corrected chi connectivity index (χ1v) is 12.9. The van der Waals surface area contributed by atoms with Gasteiger partial charge in [-0.3, -0.25) is 14.5 Å². The second-order valence-corrected chi connectivity index (χ2v) is 10.6. The molecule has 1 N–H and O–H groups in total. The van der Waals surface area contributed by atoms with Crippen LogP contribution in [0, 0.1) is 20.8 Å². The molecule has 0 radical (unpaired) electrons. The number of hydrogen-bond donors (Lipinski definition) is 1. The topological polar surface area (TPSA) is 62.3 Å². The van der Waals surface area contributed by atoms with Crippen LogP contribution in [-0.4, -0.2) is 22.8 Å². The third-order valence-electron chi connectivity index (χ3n) is 6.27. The smallest absolute Gasteiger partial charge is 0.271 e. The monoisotopic (exact) mass is 495 g/mol. The van der Waals surface area contributed by atoms with Crippen molar-refractivity contribution < 1.29 is 9.59 Å². The molecule has 5 nitrogen and oxygen atoms in total. The summed E-state index contributed by atoms with van der Waals surface area (Å²) in [6, 6.07) is 14.2. The zero-order chi connectivity index (χ0) is 24.2. The van der Waals surface area contributed by atoms with Gasteiger partial charge in [0, 0.05) is 16.8 Å². The predicted octanol–water partition coefficient (Wildman–Crippen LogP) is 6.56. The number of aryl methyl sites for hydroxylation is 3. The Hall–Kier alpha value is -2.70. The van der Waals surface area contributed by atoms with Crippen LogP contribution in [0.2, 0.25) is 5.02 Å². The third-order valence-corrected chi connectivity index (χ3v) is 7.59. The lowest BCUT2D eigenvalue weighted by Gasteiger charge is -2.33. The number of carbonyl (C=O) groups excluding carboxylic acids is 2. The Morgan fingerprint density at radius 1 is 1.00 bits per heavy atom. The van der Waals surface area contributed by atoms with Gasteiger partial charge in [0.05, 0.1) is 10.7 Å². The molecule has 1 unspecified atom stereocenters. The second kappa shape index (κ2) is 10.7. The number of halogens is 1.